The van der Waals surface area contributed by atoms with Crippen LogP contribution >= 0.6 is 0 Å². The molecule has 0 radical (unpaired) electrons. The standard InChI is InChI=1S/C21H14F2N6O/c22-14-5-3-4-13(19(14)23)18-10-24-11-29(18)12-8-17(25-9-12)20(30)28-21-26-15-6-1-2-7-16(15)27-21/h1-11,25H,(H2,26,27,28,30). The third kappa shape index (κ3) is 3.02. The zero-order valence-electron chi connectivity index (χ0n) is 15.4. The summed E-state index contributed by atoms with van der Waals surface area (Å²) in [5.41, 5.74) is 2.78. The van der Waals surface area contributed by atoms with Gasteiger partial charge >= 0.3 is 0 Å². The highest BCUT2D eigenvalue weighted by Gasteiger charge is 2.17. The van der Waals surface area contributed by atoms with E-state index in [-0.39, 0.29) is 11.3 Å². The Bertz CT molecular complexity index is 1350. The van der Waals surface area contributed by atoms with E-state index in [1.807, 2.05) is 24.3 Å². The molecule has 0 aliphatic carbocycles. The van der Waals surface area contributed by atoms with Crippen LogP contribution in [0.3, 0.4) is 0 Å². The molecule has 3 N–H and O–H groups in total. The maximum Gasteiger partial charge on any atom is 0.274 e. The Kier molecular flexibility index (Phi) is 4.13. The summed E-state index contributed by atoms with van der Waals surface area (Å²) in [6.45, 7) is 0. The van der Waals surface area contributed by atoms with Crippen molar-refractivity contribution in [1.82, 2.24) is 24.5 Å². The van der Waals surface area contributed by atoms with Crippen LogP contribution in [0.2, 0.25) is 0 Å². The summed E-state index contributed by atoms with van der Waals surface area (Å²) in [5, 5.41) is 2.70. The van der Waals surface area contributed by atoms with E-state index < -0.39 is 17.5 Å². The Labute approximate surface area is 168 Å². The number of anilines is 1. The van der Waals surface area contributed by atoms with E-state index in [1.54, 1.807) is 16.8 Å². The minimum absolute atomic E-state index is 0.0713. The van der Waals surface area contributed by atoms with E-state index in [2.05, 4.69) is 25.3 Å². The van der Waals surface area contributed by atoms with Crippen molar-refractivity contribution in [2.75, 3.05) is 5.32 Å². The molecule has 2 aromatic carbocycles. The van der Waals surface area contributed by atoms with Crippen molar-refractivity contribution < 1.29 is 13.6 Å². The second kappa shape index (κ2) is 6.96. The smallest absolute Gasteiger partial charge is 0.274 e. The van der Waals surface area contributed by atoms with Gasteiger partial charge in [-0.1, -0.05) is 18.2 Å². The number of para-hydroxylation sites is 2. The fourth-order valence-corrected chi connectivity index (χ4v) is 3.24. The number of benzene rings is 2. The van der Waals surface area contributed by atoms with E-state index >= 15 is 0 Å². The monoisotopic (exact) mass is 404 g/mol. The van der Waals surface area contributed by atoms with Gasteiger partial charge in [0.15, 0.2) is 11.6 Å². The maximum absolute atomic E-state index is 14.2. The average molecular weight is 404 g/mol. The zero-order valence-corrected chi connectivity index (χ0v) is 15.4. The molecule has 30 heavy (non-hydrogen) atoms. The van der Waals surface area contributed by atoms with E-state index in [4.69, 9.17) is 0 Å². The van der Waals surface area contributed by atoms with Gasteiger partial charge < -0.3 is 9.97 Å². The van der Waals surface area contributed by atoms with E-state index in [9.17, 15) is 13.6 Å². The summed E-state index contributed by atoms with van der Waals surface area (Å²) >= 11 is 0. The summed E-state index contributed by atoms with van der Waals surface area (Å²) in [7, 11) is 0. The lowest BCUT2D eigenvalue weighted by Gasteiger charge is -2.07. The number of fused-ring (bicyclic) bond motifs is 1. The molecule has 0 spiro atoms. The normalized spacial score (nSPS) is 11.1. The van der Waals surface area contributed by atoms with Crippen molar-refractivity contribution in [3.8, 4) is 16.9 Å². The number of carbonyl (C=O) groups is 1. The number of amides is 1. The second-order valence-electron chi connectivity index (χ2n) is 6.58. The molecular weight excluding hydrogens is 390 g/mol. The third-order valence-corrected chi connectivity index (χ3v) is 4.68. The number of rotatable bonds is 4. The van der Waals surface area contributed by atoms with Crippen molar-refractivity contribution >= 4 is 22.9 Å². The van der Waals surface area contributed by atoms with Gasteiger partial charge in [-0.05, 0) is 30.3 Å². The van der Waals surface area contributed by atoms with Gasteiger partial charge in [-0.2, -0.15) is 0 Å². The molecule has 0 aliphatic heterocycles. The largest absolute Gasteiger partial charge is 0.355 e. The Morgan fingerprint density at radius 3 is 2.83 bits per heavy atom. The summed E-state index contributed by atoms with van der Waals surface area (Å²) in [6.07, 6.45) is 4.47. The van der Waals surface area contributed by atoms with E-state index in [0.29, 0.717) is 17.3 Å². The fraction of sp³-hybridized carbons (Fsp3) is 0. The van der Waals surface area contributed by atoms with Crippen LogP contribution in [-0.4, -0.2) is 30.4 Å². The minimum Gasteiger partial charge on any atom is -0.355 e. The molecule has 5 rings (SSSR count). The van der Waals surface area contributed by atoms with Gasteiger partial charge in [0.2, 0.25) is 5.95 Å². The third-order valence-electron chi connectivity index (χ3n) is 4.68. The molecule has 0 aliphatic rings. The highest BCUT2D eigenvalue weighted by atomic mass is 19.2. The zero-order chi connectivity index (χ0) is 20.7. The molecule has 0 saturated heterocycles. The molecule has 5 aromatic rings. The van der Waals surface area contributed by atoms with Crippen molar-refractivity contribution in [3.63, 3.8) is 0 Å². The van der Waals surface area contributed by atoms with Crippen molar-refractivity contribution in [1.29, 1.82) is 0 Å². The Balaban J connectivity index is 1.43. The van der Waals surface area contributed by atoms with Crippen LogP contribution in [-0.2, 0) is 0 Å². The average Bonchev–Trinajstić information content (AvgIpc) is 3.48. The molecular formula is C21H14F2N6O. The van der Waals surface area contributed by atoms with Crippen molar-refractivity contribution in [2.45, 2.75) is 0 Å². The molecule has 0 bridgehead atoms. The Hall–Kier alpha value is -4.27. The lowest BCUT2D eigenvalue weighted by molar-refractivity contribution is 0.102. The SMILES string of the molecule is O=C(Nc1nc2ccccc2[nH]1)c1cc(-n2cncc2-c2cccc(F)c2F)c[nH]1. The number of hydrogen-bond acceptors (Lipinski definition) is 3. The number of H-pyrrole nitrogens is 2. The molecule has 0 saturated carbocycles. The summed E-state index contributed by atoms with van der Waals surface area (Å²) < 4.78 is 29.4. The number of aromatic amines is 2. The molecule has 148 valence electrons. The van der Waals surface area contributed by atoms with Crippen LogP contribution in [0.4, 0.5) is 14.7 Å². The summed E-state index contributed by atoms with van der Waals surface area (Å²) in [4.78, 5) is 26.8. The number of halogens is 2. The molecule has 0 atom stereocenters. The maximum atomic E-state index is 14.2. The fourth-order valence-electron chi connectivity index (χ4n) is 3.24. The molecule has 7 nitrogen and oxygen atoms in total. The summed E-state index contributed by atoms with van der Waals surface area (Å²) in [6, 6.07) is 12.9. The number of hydrogen-bond donors (Lipinski definition) is 3. The number of aromatic nitrogens is 5. The van der Waals surface area contributed by atoms with Crippen molar-refractivity contribution in [2.24, 2.45) is 0 Å². The first-order valence-electron chi connectivity index (χ1n) is 9.02. The summed E-state index contributed by atoms with van der Waals surface area (Å²) in [5.74, 6) is -1.99. The predicted molar refractivity (Wildman–Crippen MR) is 107 cm³/mol. The molecule has 3 aromatic heterocycles. The molecule has 0 fully saturated rings. The Morgan fingerprint density at radius 2 is 1.97 bits per heavy atom. The van der Waals surface area contributed by atoms with Crippen LogP contribution in [0.1, 0.15) is 10.5 Å². The molecule has 9 heteroatoms. The predicted octanol–water partition coefficient (Wildman–Crippen LogP) is 4.27. The van der Waals surface area contributed by atoms with Crippen LogP contribution in [0, 0.1) is 11.6 Å². The van der Waals surface area contributed by atoms with Crippen LogP contribution < -0.4 is 5.32 Å². The quantitative estimate of drug-likeness (QED) is 0.418. The van der Waals surface area contributed by atoms with Gasteiger partial charge in [0, 0.05) is 11.8 Å². The van der Waals surface area contributed by atoms with Gasteiger partial charge in [0.1, 0.15) is 5.69 Å². The molecule has 0 unspecified atom stereocenters. The molecule has 1 amide bonds. The highest BCUT2D eigenvalue weighted by molar-refractivity contribution is 6.03. The van der Waals surface area contributed by atoms with Gasteiger partial charge in [-0.25, -0.2) is 18.7 Å². The van der Waals surface area contributed by atoms with E-state index in [1.165, 1.54) is 24.7 Å². The lowest BCUT2D eigenvalue weighted by Crippen LogP contribution is -2.13. The van der Waals surface area contributed by atoms with Gasteiger partial charge in [-0.15, -0.1) is 0 Å². The van der Waals surface area contributed by atoms with Crippen molar-refractivity contribution in [3.05, 3.63) is 84.6 Å². The highest BCUT2D eigenvalue weighted by Crippen LogP contribution is 2.27. The van der Waals surface area contributed by atoms with Crippen LogP contribution in [0.5, 0.6) is 0 Å². The van der Waals surface area contributed by atoms with Gasteiger partial charge in [0.05, 0.1) is 34.9 Å². The van der Waals surface area contributed by atoms with Crippen LogP contribution in [0.15, 0.2) is 67.3 Å². The Morgan fingerprint density at radius 1 is 1.10 bits per heavy atom. The second-order valence-corrected chi connectivity index (χ2v) is 6.58. The first-order chi connectivity index (χ1) is 14.6. The molecule has 3 heterocycles. The first-order valence-corrected chi connectivity index (χ1v) is 9.02. The number of nitrogens with zero attached hydrogens (tertiary/aromatic N) is 3. The van der Waals surface area contributed by atoms with E-state index in [0.717, 1.165) is 17.1 Å². The topological polar surface area (TPSA) is 91.4 Å². The van der Waals surface area contributed by atoms with Crippen LogP contribution in [0.25, 0.3) is 28.0 Å². The minimum atomic E-state index is -0.961. The lowest BCUT2D eigenvalue weighted by atomic mass is 10.1. The van der Waals surface area contributed by atoms with Gasteiger partial charge in [0.25, 0.3) is 5.91 Å². The number of nitrogens with one attached hydrogen (secondary N) is 3. The first kappa shape index (κ1) is 17.8. The number of carbonyl (C=O) groups excluding carboxylic acids is 1. The number of imidazole rings is 2. The van der Waals surface area contributed by atoms with Gasteiger partial charge in [-0.3, -0.25) is 14.7 Å².